The van der Waals surface area contributed by atoms with Crippen LogP contribution in [0.3, 0.4) is 0 Å². The normalized spacial score (nSPS) is 18.6. The molecule has 21 heavy (non-hydrogen) atoms. The van der Waals surface area contributed by atoms with Crippen molar-refractivity contribution in [3.8, 4) is 5.75 Å². The Bertz CT molecular complexity index is 445. The van der Waals surface area contributed by atoms with Crippen molar-refractivity contribution in [3.63, 3.8) is 0 Å². The van der Waals surface area contributed by atoms with Gasteiger partial charge in [0.1, 0.15) is 5.75 Å². The van der Waals surface area contributed by atoms with Crippen molar-refractivity contribution in [1.82, 2.24) is 10.2 Å². The number of nitrogens with zero attached hydrogens (tertiary/aromatic N) is 1. The molecule has 1 fully saturated rings. The lowest BCUT2D eigenvalue weighted by atomic mass is 10.00. The van der Waals surface area contributed by atoms with E-state index >= 15 is 0 Å². The molecular formula is C17H26N2O2. The van der Waals surface area contributed by atoms with E-state index in [0.29, 0.717) is 12.3 Å². The summed E-state index contributed by atoms with van der Waals surface area (Å²) in [7, 11) is 1.67. The van der Waals surface area contributed by atoms with Gasteiger partial charge in [-0.15, -0.1) is 0 Å². The van der Waals surface area contributed by atoms with E-state index in [9.17, 15) is 4.79 Å². The number of amides is 1. The molecule has 0 aromatic heterocycles. The zero-order valence-corrected chi connectivity index (χ0v) is 13.1. The molecule has 4 nitrogen and oxygen atoms in total. The molecule has 1 atom stereocenters. The lowest BCUT2D eigenvalue weighted by Gasteiger charge is -2.31. The average molecular weight is 290 g/mol. The molecule has 0 saturated carbocycles. The first kappa shape index (κ1) is 15.8. The number of rotatable bonds is 6. The predicted molar refractivity (Wildman–Crippen MR) is 84.3 cm³/mol. The Morgan fingerprint density at radius 3 is 2.81 bits per heavy atom. The molecule has 2 rings (SSSR count). The molecule has 4 heteroatoms. The van der Waals surface area contributed by atoms with Crippen LogP contribution in [0, 0.1) is 5.92 Å². The highest BCUT2D eigenvalue weighted by Gasteiger charge is 2.20. The van der Waals surface area contributed by atoms with E-state index in [4.69, 9.17) is 4.74 Å². The lowest BCUT2D eigenvalue weighted by molar-refractivity contribution is -0.132. The summed E-state index contributed by atoms with van der Waals surface area (Å²) in [5.41, 5.74) is 1.20. The standard InChI is InChI=1S/C17H26N2O2/c1-14-4-3-11-19(13-14)17(20)9-10-18-12-15-5-7-16(21-2)8-6-15/h5-8,14,18H,3-4,9-13H2,1-2H3. The molecule has 1 N–H and O–H groups in total. The Balaban J connectivity index is 1.65. The Labute approximate surface area is 127 Å². The van der Waals surface area contributed by atoms with E-state index < -0.39 is 0 Å². The fourth-order valence-electron chi connectivity index (χ4n) is 2.75. The van der Waals surface area contributed by atoms with Gasteiger partial charge >= 0.3 is 0 Å². The second-order valence-corrected chi connectivity index (χ2v) is 5.86. The molecule has 0 spiro atoms. The summed E-state index contributed by atoms with van der Waals surface area (Å²) in [6, 6.07) is 7.99. The number of carbonyl (C=O) groups excluding carboxylic acids is 1. The van der Waals surface area contributed by atoms with Crippen LogP contribution in [0.15, 0.2) is 24.3 Å². The van der Waals surface area contributed by atoms with E-state index in [-0.39, 0.29) is 5.91 Å². The third kappa shape index (κ3) is 5.05. The minimum absolute atomic E-state index is 0.281. The van der Waals surface area contributed by atoms with Crippen molar-refractivity contribution >= 4 is 5.91 Å². The number of hydrogen-bond donors (Lipinski definition) is 1. The second kappa shape index (κ2) is 8.03. The smallest absolute Gasteiger partial charge is 0.223 e. The van der Waals surface area contributed by atoms with Gasteiger partial charge in [0.15, 0.2) is 0 Å². The number of methoxy groups -OCH3 is 1. The highest BCUT2D eigenvalue weighted by Crippen LogP contribution is 2.16. The lowest BCUT2D eigenvalue weighted by Crippen LogP contribution is -2.40. The Morgan fingerprint density at radius 1 is 1.38 bits per heavy atom. The monoisotopic (exact) mass is 290 g/mol. The summed E-state index contributed by atoms with van der Waals surface area (Å²) in [5, 5.41) is 3.33. The van der Waals surface area contributed by atoms with E-state index in [1.165, 1.54) is 12.0 Å². The van der Waals surface area contributed by atoms with Gasteiger partial charge in [0.25, 0.3) is 0 Å². The molecule has 1 heterocycles. The zero-order valence-electron chi connectivity index (χ0n) is 13.1. The second-order valence-electron chi connectivity index (χ2n) is 5.86. The number of hydrogen-bond acceptors (Lipinski definition) is 3. The fraction of sp³-hybridized carbons (Fsp3) is 0.588. The van der Waals surface area contributed by atoms with Gasteiger partial charge < -0.3 is 15.0 Å². The number of likely N-dealkylation sites (tertiary alicyclic amines) is 1. The van der Waals surface area contributed by atoms with Gasteiger partial charge in [-0.1, -0.05) is 19.1 Å². The molecular weight excluding hydrogens is 264 g/mol. The number of nitrogens with one attached hydrogen (secondary N) is 1. The minimum Gasteiger partial charge on any atom is -0.497 e. The highest BCUT2D eigenvalue weighted by molar-refractivity contribution is 5.76. The van der Waals surface area contributed by atoms with Crippen LogP contribution in [0.5, 0.6) is 5.75 Å². The average Bonchev–Trinajstić information content (AvgIpc) is 2.52. The van der Waals surface area contributed by atoms with Crippen LogP contribution in [-0.2, 0) is 11.3 Å². The Morgan fingerprint density at radius 2 is 2.14 bits per heavy atom. The minimum atomic E-state index is 0.281. The first-order chi connectivity index (χ1) is 10.2. The van der Waals surface area contributed by atoms with Gasteiger partial charge in [0.05, 0.1) is 7.11 Å². The van der Waals surface area contributed by atoms with Gasteiger partial charge in [0, 0.05) is 32.6 Å². The Hall–Kier alpha value is -1.55. The van der Waals surface area contributed by atoms with Crippen molar-refractivity contribution in [3.05, 3.63) is 29.8 Å². The van der Waals surface area contributed by atoms with Gasteiger partial charge in [-0.05, 0) is 36.5 Å². The fourth-order valence-corrected chi connectivity index (χ4v) is 2.75. The molecule has 116 valence electrons. The highest BCUT2D eigenvalue weighted by atomic mass is 16.5. The van der Waals surface area contributed by atoms with Crippen LogP contribution in [0.25, 0.3) is 0 Å². The Kier molecular flexibility index (Phi) is 6.05. The number of piperidine rings is 1. The van der Waals surface area contributed by atoms with E-state index in [1.807, 2.05) is 29.2 Å². The third-order valence-electron chi connectivity index (χ3n) is 4.01. The van der Waals surface area contributed by atoms with Crippen molar-refractivity contribution < 1.29 is 9.53 Å². The summed E-state index contributed by atoms with van der Waals surface area (Å²) in [6.07, 6.45) is 2.98. The van der Waals surface area contributed by atoms with E-state index in [1.54, 1.807) is 7.11 Å². The van der Waals surface area contributed by atoms with Gasteiger partial charge in [0.2, 0.25) is 5.91 Å². The quantitative estimate of drug-likeness (QED) is 0.818. The molecule has 1 aromatic rings. The van der Waals surface area contributed by atoms with Crippen LogP contribution < -0.4 is 10.1 Å². The van der Waals surface area contributed by atoms with Crippen LogP contribution in [0.1, 0.15) is 31.7 Å². The van der Waals surface area contributed by atoms with Crippen molar-refractivity contribution in [2.75, 3.05) is 26.7 Å². The summed E-state index contributed by atoms with van der Waals surface area (Å²) in [5.74, 6) is 1.80. The number of ether oxygens (including phenoxy) is 1. The first-order valence-corrected chi connectivity index (χ1v) is 7.80. The molecule has 1 aliphatic heterocycles. The number of benzene rings is 1. The summed E-state index contributed by atoms with van der Waals surface area (Å²) >= 11 is 0. The topological polar surface area (TPSA) is 41.6 Å². The van der Waals surface area contributed by atoms with Gasteiger partial charge in [-0.25, -0.2) is 0 Å². The van der Waals surface area contributed by atoms with Crippen LogP contribution in [-0.4, -0.2) is 37.6 Å². The van der Waals surface area contributed by atoms with E-state index in [0.717, 1.165) is 38.3 Å². The molecule has 0 radical (unpaired) electrons. The maximum atomic E-state index is 12.1. The molecule has 1 saturated heterocycles. The molecule has 1 aromatic carbocycles. The molecule has 1 unspecified atom stereocenters. The molecule has 1 amide bonds. The summed E-state index contributed by atoms with van der Waals surface area (Å²) in [4.78, 5) is 14.1. The van der Waals surface area contributed by atoms with Crippen molar-refractivity contribution in [1.29, 1.82) is 0 Å². The van der Waals surface area contributed by atoms with Crippen LogP contribution in [0.2, 0.25) is 0 Å². The summed E-state index contributed by atoms with van der Waals surface area (Å²) in [6.45, 7) is 5.60. The third-order valence-corrected chi connectivity index (χ3v) is 4.01. The largest absolute Gasteiger partial charge is 0.497 e. The maximum absolute atomic E-state index is 12.1. The first-order valence-electron chi connectivity index (χ1n) is 7.80. The number of carbonyl (C=O) groups is 1. The molecule has 0 bridgehead atoms. The zero-order chi connectivity index (χ0) is 15.1. The van der Waals surface area contributed by atoms with Crippen molar-refractivity contribution in [2.24, 2.45) is 5.92 Å². The van der Waals surface area contributed by atoms with Gasteiger partial charge in [-0.3, -0.25) is 4.79 Å². The van der Waals surface area contributed by atoms with Crippen molar-refractivity contribution in [2.45, 2.75) is 32.7 Å². The maximum Gasteiger partial charge on any atom is 0.223 e. The van der Waals surface area contributed by atoms with Crippen LogP contribution in [0.4, 0.5) is 0 Å². The van der Waals surface area contributed by atoms with Crippen LogP contribution >= 0.6 is 0 Å². The summed E-state index contributed by atoms with van der Waals surface area (Å²) < 4.78 is 5.13. The van der Waals surface area contributed by atoms with Gasteiger partial charge in [-0.2, -0.15) is 0 Å². The molecule has 0 aliphatic carbocycles. The predicted octanol–water partition coefficient (Wildman–Crippen LogP) is 2.43. The van der Waals surface area contributed by atoms with E-state index in [2.05, 4.69) is 12.2 Å². The molecule has 1 aliphatic rings. The SMILES string of the molecule is COc1ccc(CNCCC(=O)N2CCCC(C)C2)cc1.